The lowest BCUT2D eigenvalue weighted by Gasteiger charge is -2.31. The van der Waals surface area contributed by atoms with E-state index >= 15 is 0 Å². The summed E-state index contributed by atoms with van der Waals surface area (Å²) in [7, 11) is 0. The van der Waals surface area contributed by atoms with E-state index in [2.05, 4.69) is 18.3 Å². The molecule has 2 aliphatic heterocycles. The number of aryl methyl sites for hydroxylation is 2. The van der Waals surface area contributed by atoms with E-state index in [0.29, 0.717) is 23.4 Å². The first-order valence-electron chi connectivity index (χ1n) is 11.4. The van der Waals surface area contributed by atoms with Crippen molar-refractivity contribution < 1.29 is 14.6 Å². The Morgan fingerprint density at radius 3 is 2.75 bits per heavy atom. The van der Waals surface area contributed by atoms with Gasteiger partial charge >= 0.3 is 5.97 Å². The molecule has 4 heterocycles. The number of hydrogen-bond acceptors (Lipinski definition) is 6. The van der Waals surface area contributed by atoms with Crippen molar-refractivity contribution in [1.29, 1.82) is 0 Å². The number of pyridine rings is 2. The summed E-state index contributed by atoms with van der Waals surface area (Å²) >= 11 is 0. The van der Waals surface area contributed by atoms with Crippen LogP contribution < -0.4 is 10.9 Å². The lowest BCUT2D eigenvalue weighted by Crippen LogP contribution is -2.44. The topological polar surface area (TPSA) is 93.5 Å². The Bertz CT molecular complexity index is 1390. The maximum Gasteiger partial charge on any atom is 0.343 e. The van der Waals surface area contributed by atoms with Crippen LogP contribution in [0.1, 0.15) is 54.5 Å². The van der Waals surface area contributed by atoms with Gasteiger partial charge in [0.05, 0.1) is 29.0 Å². The van der Waals surface area contributed by atoms with Crippen LogP contribution in [-0.4, -0.2) is 27.2 Å². The van der Waals surface area contributed by atoms with Crippen molar-refractivity contribution in [2.45, 2.75) is 58.3 Å². The maximum atomic E-state index is 13.4. The molecule has 7 heteroatoms. The minimum atomic E-state index is -1.80. The third kappa shape index (κ3) is 2.37. The lowest BCUT2D eigenvalue weighted by atomic mass is 9.85. The predicted molar refractivity (Wildman–Crippen MR) is 121 cm³/mol. The second-order valence-corrected chi connectivity index (χ2v) is 8.89. The number of carbonyl (C=O) groups is 1. The molecule has 1 aromatic carbocycles. The van der Waals surface area contributed by atoms with Gasteiger partial charge in [-0.15, -0.1) is 0 Å². The van der Waals surface area contributed by atoms with Crippen LogP contribution in [0.3, 0.4) is 0 Å². The van der Waals surface area contributed by atoms with E-state index < -0.39 is 11.6 Å². The Hall–Kier alpha value is -3.19. The number of rotatable bonds is 3. The monoisotopic (exact) mass is 431 g/mol. The van der Waals surface area contributed by atoms with Gasteiger partial charge in [-0.1, -0.05) is 6.92 Å². The number of nitrogens with zero attached hydrogens (tertiary/aromatic N) is 2. The summed E-state index contributed by atoms with van der Waals surface area (Å²) in [5.41, 5.74) is 5.92. The molecule has 6 rings (SSSR count). The number of ether oxygens (including phenoxy) is 1. The van der Waals surface area contributed by atoms with E-state index in [1.54, 1.807) is 17.6 Å². The fourth-order valence-electron chi connectivity index (χ4n) is 5.67. The van der Waals surface area contributed by atoms with Crippen molar-refractivity contribution in [3.05, 3.63) is 56.4 Å². The summed E-state index contributed by atoms with van der Waals surface area (Å²) in [6, 6.07) is 5.93. The Kier molecular flexibility index (Phi) is 4.05. The molecule has 0 bridgehead atoms. The number of carbonyl (C=O) groups excluding carboxylic acids is 1. The van der Waals surface area contributed by atoms with Gasteiger partial charge in [-0.2, -0.15) is 0 Å². The Morgan fingerprint density at radius 1 is 1.16 bits per heavy atom. The lowest BCUT2D eigenvalue weighted by molar-refractivity contribution is -0.172. The highest BCUT2D eigenvalue weighted by molar-refractivity contribution is 5.95. The van der Waals surface area contributed by atoms with Gasteiger partial charge in [-0.25, -0.2) is 9.78 Å². The first-order valence-corrected chi connectivity index (χ1v) is 11.4. The molecule has 2 N–H and O–H groups in total. The van der Waals surface area contributed by atoms with Gasteiger partial charge < -0.3 is 19.7 Å². The van der Waals surface area contributed by atoms with Crippen LogP contribution in [0.5, 0.6) is 0 Å². The summed E-state index contributed by atoms with van der Waals surface area (Å²) in [4.78, 5) is 30.8. The Morgan fingerprint density at radius 2 is 1.97 bits per heavy atom. The first kappa shape index (κ1) is 19.5. The largest absolute Gasteiger partial charge is 0.458 e. The van der Waals surface area contributed by atoms with Crippen molar-refractivity contribution in [3.63, 3.8) is 0 Å². The average Bonchev–Trinajstić information content (AvgIpc) is 3.18. The van der Waals surface area contributed by atoms with Crippen molar-refractivity contribution in [2.75, 3.05) is 11.9 Å². The zero-order valence-electron chi connectivity index (χ0n) is 18.2. The van der Waals surface area contributed by atoms with E-state index in [4.69, 9.17) is 9.72 Å². The van der Waals surface area contributed by atoms with Crippen molar-refractivity contribution in [2.24, 2.45) is 0 Å². The van der Waals surface area contributed by atoms with E-state index in [1.165, 1.54) is 16.5 Å². The summed E-state index contributed by atoms with van der Waals surface area (Å²) in [5.74, 6) is -0.697. The number of hydrogen-bond donors (Lipinski definition) is 2. The zero-order valence-corrected chi connectivity index (χ0v) is 18.2. The zero-order chi connectivity index (χ0) is 22.2. The molecule has 2 aromatic heterocycles. The van der Waals surface area contributed by atoms with Gasteiger partial charge in [0, 0.05) is 28.7 Å². The Balaban J connectivity index is 1.63. The number of aliphatic hydroxyl groups is 1. The number of nitrogens with one attached hydrogen (secondary N) is 1. The highest BCUT2D eigenvalue weighted by Gasteiger charge is 2.45. The molecule has 0 radical (unpaired) electrons. The summed E-state index contributed by atoms with van der Waals surface area (Å²) in [5, 5.41) is 15.7. The number of benzene rings is 1. The van der Waals surface area contributed by atoms with E-state index in [0.717, 1.165) is 48.3 Å². The van der Waals surface area contributed by atoms with Gasteiger partial charge in [0.15, 0.2) is 5.60 Å². The van der Waals surface area contributed by atoms with Crippen molar-refractivity contribution >= 4 is 22.6 Å². The average molecular weight is 431 g/mol. The fraction of sp³-hybridized carbons (Fsp3) is 0.400. The van der Waals surface area contributed by atoms with E-state index in [1.807, 2.05) is 6.07 Å². The minimum Gasteiger partial charge on any atom is -0.458 e. The summed E-state index contributed by atoms with van der Waals surface area (Å²) in [6.07, 6.45) is 3.16. The van der Waals surface area contributed by atoms with Gasteiger partial charge in [-0.05, 0) is 61.9 Å². The molecule has 0 amide bonds. The van der Waals surface area contributed by atoms with Crippen LogP contribution in [0.2, 0.25) is 0 Å². The van der Waals surface area contributed by atoms with Crippen LogP contribution in [0, 0.1) is 0 Å². The van der Waals surface area contributed by atoms with Crippen LogP contribution in [0.25, 0.3) is 22.3 Å². The quantitative estimate of drug-likeness (QED) is 0.485. The third-order valence-electron chi connectivity index (χ3n) is 7.30. The third-order valence-corrected chi connectivity index (χ3v) is 7.30. The van der Waals surface area contributed by atoms with Crippen molar-refractivity contribution in [1.82, 2.24) is 9.55 Å². The summed E-state index contributed by atoms with van der Waals surface area (Å²) in [6.45, 7) is 5.02. The van der Waals surface area contributed by atoms with Crippen LogP contribution >= 0.6 is 0 Å². The number of fused-ring (bicyclic) bond motifs is 5. The van der Waals surface area contributed by atoms with Gasteiger partial charge in [0.2, 0.25) is 0 Å². The molecule has 0 spiro atoms. The van der Waals surface area contributed by atoms with Gasteiger partial charge in [0.1, 0.15) is 6.61 Å². The smallest absolute Gasteiger partial charge is 0.343 e. The second kappa shape index (κ2) is 6.65. The Labute approximate surface area is 185 Å². The minimum absolute atomic E-state index is 0.107. The number of cyclic esters (lactones) is 1. The van der Waals surface area contributed by atoms with E-state index in [-0.39, 0.29) is 18.6 Å². The molecule has 0 saturated heterocycles. The molecule has 3 aromatic rings. The standard InChI is InChI=1S/C25H25N3O4/c1-3-25(31)17-10-20-22-15(11-28(20)23(29)16(17)12-32-24(25)30)13-6-5-7-14-18(26-4-2)8-9-19(27-22)21(13)14/h8-10,26,31H,3-7,11-12H2,1-2H3/t25-/m0/s1. The van der Waals surface area contributed by atoms with Gasteiger partial charge in [0.25, 0.3) is 5.56 Å². The molecule has 3 aliphatic rings. The predicted octanol–water partition coefficient (Wildman–Crippen LogP) is 3.00. The fourth-order valence-corrected chi connectivity index (χ4v) is 5.67. The molecule has 7 nitrogen and oxygen atoms in total. The molecule has 164 valence electrons. The van der Waals surface area contributed by atoms with E-state index in [9.17, 15) is 14.7 Å². The van der Waals surface area contributed by atoms with Gasteiger partial charge in [-0.3, -0.25) is 4.79 Å². The molecule has 1 aliphatic carbocycles. The normalized spacial score (nSPS) is 20.5. The first-order chi connectivity index (χ1) is 15.5. The molecule has 32 heavy (non-hydrogen) atoms. The highest BCUT2D eigenvalue weighted by Crippen LogP contribution is 2.43. The molecule has 0 unspecified atom stereocenters. The van der Waals surface area contributed by atoms with Crippen molar-refractivity contribution in [3.8, 4) is 11.4 Å². The number of anilines is 1. The molecular weight excluding hydrogens is 406 g/mol. The number of aromatic nitrogens is 2. The highest BCUT2D eigenvalue weighted by atomic mass is 16.6. The van der Waals surface area contributed by atoms with Crippen LogP contribution in [0.4, 0.5) is 5.69 Å². The van der Waals surface area contributed by atoms with Crippen LogP contribution in [0.15, 0.2) is 23.0 Å². The molecule has 0 fully saturated rings. The molecule has 1 atom stereocenters. The molecule has 0 saturated carbocycles. The number of esters is 1. The maximum absolute atomic E-state index is 13.4. The van der Waals surface area contributed by atoms with Crippen LogP contribution in [-0.2, 0) is 41.1 Å². The SMILES string of the molecule is CCNc1ccc2nc3c(c4c2c1CCC4)Cn1c-3cc2c(c1=O)COC(=O)[C@]2(O)CC. The second-order valence-electron chi connectivity index (χ2n) is 8.89. The molecular formula is C25H25N3O4. The summed E-state index contributed by atoms with van der Waals surface area (Å²) < 4.78 is 6.90.